The van der Waals surface area contributed by atoms with Crippen molar-refractivity contribution in [3.8, 4) is 0 Å². The Morgan fingerprint density at radius 3 is 1.75 bits per heavy atom. The van der Waals surface area contributed by atoms with Crippen LogP contribution in [0.2, 0.25) is 0 Å². The fourth-order valence-corrected chi connectivity index (χ4v) is 5.50. The van der Waals surface area contributed by atoms with Crippen molar-refractivity contribution in [1.29, 1.82) is 0 Å². The molecule has 1 aromatic carbocycles. The Bertz CT molecular complexity index is 600. The second-order valence-corrected chi connectivity index (χ2v) is 9.27. The molecule has 0 atom stereocenters. The Kier molecular flexibility index (Phi) is 6.76. The van der Waals surface area contributed by atoms with Gasteiger partial charge in [0, 0.05) is 12.5 Å². The molecule has 0 spiro atoms. The van der Waals surface area contributed by atoms with Crippen molar-refractivity contribution in [2.75, 3.05) is 0 Å². The highest BCUT2D eigenvalue weighted by Gasteiger charge is 2.53. The Morgan fingerprint density at radius 1 is 0.786 bits per heavy atom. The average molecular weight is 399 g/mol. The molecule has 0 unspecified atom stereocenters. The van der Waals surface area contributed by atoms with E-state index in [4.69, 9.17) is 0 Å². The second kappa shape index (κ2) is 8.75. The first-order valence-electron chi connectivity index (χ1n) is 11.1. The van der Waals surface area contributed by atoms with Gasteiger partial charge in [-0.1, -0.05) is 56.9 Å². The third kappa shape index (κ3) is 4.74. The largest absolute Gasteiger partial charge is 0.335 e. The summed E-state index contributed by atoms with van der Waals surface area (Å²) in [6, 6.07) is 5.65. The van der Waals surface area contributed by atoms with E-state index in [9.17, 15) is 17.6 Å². The summed E-state index contributed by atoms with van der Waals surface area (Å²) in [5.74, 6) is -5.20. The minimum atomic E-state index is -4.13. The molecule has 2 aliphatic rings. The lowest BCUT2D eigenvalue weighted by Gasteiger charge is -2.38. The standard InChI is InChI=1S/C24H34F4/c1-3-4-17-5-7-18(8-6-17)19-9-11-20(12-10-19)21-13-15-22(16-14-21)24(27,28)23(2,25)26/h13-20H,3-12H2,1-2H3. The molecule has 0 aliphatic heterocycles. The number of rotatable bonds is 6. The fourth-order valence-electron chi connectivity index (χ4n) is 5.50. The van der Waals surface area contributed by atoms with Crippen molar-refractivity contribution in [2.45, 2.75) is 95.8 Å². The van der Waals surface area contributed by atoms with Gasteiger partial charge in [0.2, 0.25) is 0 Å². The van der Waals surface area contributed by atoms with Gasteiger partial charge in [-0.25, -0.2) is 0 Å². The molecule has 0 heterocycles. The van der Waals surface area contributed by atoms with Crippen LogP contribution in [0.25, 0.3) is 0 Å². The Hall–Kier alpha value is -1.06. The van der Waals surface area contributed by atoms with E-state index in [1.165, 1.54) is 63.5 Å². The lowest BCUT2D eigenvalue weighted by molar-refractivity contribution is -0.204. The minimum Gasteiger partial charge on any atom is -0.200 e. The average Bonchev–Trinajstić information content (AvgIpc) is 2.68. The van der Waals surface area contributed by atoms with Crippen molar-refractivity contribution in [3.05, 3.63) is 35.4 Å². The van der Waals surface area contributed by atoms with Gasteiger partial charge in [-0.2, -0.15) is 17.6 Å². The van der Waals surface area contributed by atoms with Crippen LogP contribution in [0.3, 0.4) is 0 Å². The van der Waals surface area contributed by atoms with Crippen molar-refractivity contribution in [1.82, 2.24) is 0 Å². The van der Waals surface area contributed by atoms with E-state index in [1.54, 1.807) is 12.1 Å². The molecule has 0 N–H and O–H groups in total. The molecule has 28 heavy (non-hydrogen) atoms. The van der Waals surface area contributed by atoms with Crippen LogP contribution in [0.4, 0.5) is 17.6 Å². The zero-order valence-corrected chi connectivity index (χ0v) is 17.2. The predicted molar refractivity (Wildman–Crippen MR) is 106 cm³/mol. The zero-order chi connectivity index (χ0) is 20.4. The third-order valence-corrected chi connectivity index (χ3v) is 7.32. The maximum absolute atomic E-state index is 13.8. The van der Waals surface area contributed by atoms with Crippen LogP contribution in [0, 0.1) is 17.8 Å². The zero-order valence-electron chi connectivity index (χ0n) is 17.2. The first-order chi connectivity index (χ1) is 13.2. The first kappa shape index (κ1) is 21.6. The number of benzene rings is 1. The molecular weight excluding hydrogens is 364 g/mol. The summed E-state index contributed by atoms with van der Waals surface area (Å²) in [5.41, 5.74) is 0.422. The molecule has 0 saturated heterocycles. The van der Waals surface area contributed by atoms with Crippen molar-refractivity contribution < 1.29 is 17.6 Å². The van der Waals surface area contributed by atoms with E-state index in [2.05, 4.69) is 6.92 Å². The Labute approximate surface area is 167 Å². The molecule has 0 amide bonds. The van der Waals surface area contributed by atoms with Crippen LogP contribution < -0.4 is 0 Å². The van der Waals surface area contributed by atoms with E-state index in [-0.39, 0.29) is 6.92 Å². The lowest BCUT2D eigenvalue weighted by Crippen LogP contribution is -2.34. The van der Waals surface area contributed by atoms with Crippen molar-refractivity contribution >= 4 is 0 Å². The highest BCUT2D eigenvalue weighted by molar-refractivity contribution is 5.29. The van der Waals surface area contributed by atoms with Crippen LogP contribution in [0.5, 0.6) is 0 Å². The van der Waals surface area contributed by atoms with Gasteiger partial charge in [-0.15, -0.1) is 0 Å². The van der Waals surface area contributed by atoms with Gasteiger partial charge in [0.05, 0.1) is 0 Å². The number of halogens is 4. The Balaban J connectivity index is 1.53. The minimum absolute atomic E-state index is 0.276. The monoisotopic (exact) mass is 398 g/mol. The SMILES string of the molecule is CCCC1CCC(C2CCC(c3ccc(C(F)(F)C(C)(F)F)cc3)CC2)CC1. The molecule has 0 aromatic heterocycles. The van der Waals surface area contributed by atoms with Gasteiger partial charge in [-0.05, 0) is 67.8 Å². The number of hydrogen-bond acceptors (Lipinski definition) is 0. The van der Waals surface area contributed by atoms with Crippen molar-refractivity contribution in [2.24, 2.45) is 17.8 Å². The van der Waals surface area contributed by atoms with Gasteiger partial charge >= 0.3 is 11.8 Å². The summed E-state index contributed by atoms with van der Waals surface area (Å²) in [6.07, 6.45) is 12.8. The first-order valence-corrected chi connectivity index (χ1v) is 11.1. The van der Waals surface area contributed by atoms with Crippen LogP contribution in [-0.2, 0) is 5.92 Å². The normalized spacial score (nSPS) is 29.6. The summed E-state index contributed by atoms with van der Waals surface area (Å²) in [4.78, 5) is 0. The molecule has 0 nitrogen and oxygen atoms in total. The number of hydrogen-bond donors (Lipinski definition) is 0. The van der Waals surface area contributed by atoms with Crippen LogP contribution >= 0.6 is 0 Å². The van der Waals surface area contributed by atoms with Gasteiger partial charge < -0.3 is 0 Å². The maximum atomic E-state index is 13.8. The third-order valence-electron chi connectivity index (χ3n) is 7.32. The fraction of sp³-hybridized carbons (Fsp3) is 0.750. The highest BCUT2D eigenvalue weighted by atomic mass is 19.3. The molecular formula is C24H34F4. The van der Waals surface area contributed by atoms with Gasteiger partial charge in [0.1, 0.15) is 0 Å². The van der Waals surface area contributed by atoms with E-state index >= 15 is 0 Å². The predicted octanol–water partition coefficient (Wildman–Crippen LogP) is 8.31. The summed E-state index contributed by atoms with van der Waals surface area (Å²) in [7, 11) is 0. The van der Waals surface area contributed by atoms with Gasteiger partial charge in [0.15, 0.2) is 0 Å². The summed E-state index contributed by atoms with van der Waals surface area (Å²) >= 11 is 0. The smallest absolute Gasteiger partial charge is 0.200 e. The summed E-state index contributed by atoms with van der Waals surface area (Å²) < 4.78 is 54.0. The summed E-state index contributed by atoms with van der Waals surface area (Å²) in [6.45, 7) is 2.55. The van der Waals surface area contributed by atoms with Gasteiger partial charge in [-0.3, -0.25) is 0 Å². The number of alkyl halides is 4. The topological polar surface area (TPSA) is 0 Å². The Morgan fingerprint density at radius 2 is 1.29 bits per heavy atom. The lowest BCUT2D eigenvalue weighted by atomic mass is 9.68. The molecule has 0 bridgehead atoms. The quantitative estimate of drug-likeness (QED) is 0.423. The molecule has 2 saturated carbocycles. The molecule has 2 fully saturated rings. The molecule has 3 rings (SSSR count). The maximum Gasteiger partial charge on any atom is 0.335 e. The van der Waals surface area contributed by atoms with Crippen LogP contribution in [0.1, 0.15) is 95.1 Å². The van der Waals surface area contributed by atoms with Crippen LogP contribution in [0.15, 0.2) is 24.3 Å². The highest BCUT2D eigenvalue weighted by Crippen LogP contribution is 2.46. The van der Waals surface area contributed by atoms with Gasteiger partial charge in [0.25, 0.3) is 0 Å². The molecule has 158 valence electrons. The van der Waals surface area contributed by atoms with E-state index in [0.29, 0.717) is 5.92 Å². The second-order valence-electron chi connectivity index (χ2n) is 9.27. The van der Waals surface area contributed by atoms with E-state index < -0.39 is 17.4 Å². The van der Waals surface area contributed by atoms with Crippen molar-refractivity contribution in [3.63, 3.8) is 0 Å². The van der Waals surface area contributed by atoms with E-state index in [1.807, 2.05) is 0 Å². The molecule has 1 aromatic rings. The summed E-state index contributed by atoms with van der Waals surface area (Å²) in [5, 5.41) is 0. The molecule has 2 aliphatic carbocycles. The molecule has 4 heteroatoms. The van der Waals surface area contributed by atoms with E-state index in [0.717, 1.165) is 36.2 Å². The molecule has 0 radical (unpaired) electrons. The van der Waals surface area contributed by atoms with Crippen LogP contribution in [-0.4, -0.2) is 5.92 Å².